The molecule has 114 valence electrons. The minimum absolute atomic E-state index is 0.0177. The smallest absolute Gasteiger partial charge is 0.287 e. The number of fused-ring (bicyclic) bond motifs is 1. The summed E-state index contributed by atoms with van der Waals surface area (Å²) in [5.41, 5.74) is 2.65. The van der Waals surface area contributed by atoms with Crippen LogP contribution >= 0.6 is 0 Å². The first-order chi connectivity index (χ1) is 10.1. The van der Waals surface area contributed by atoms with Gasteiger partial charge in [-0.15, -0.1) is 0 Å². The monoisotopic (exact) mass is 291 g/mol. The Morgan fingerprint density at radius 1 is 1.33 bits per heavy atom. The SMILES string of the molecule is Cc1c(C(=O)NCCCOCCO)oc2c(C)cccc12. The van der Waals surface area contributed by atoms with Gasteiger partial charge in [0.1, 0.15) is 5.58 Å². The fourth-order valence-corrected chi connectivity index (χ4v) is 2.22. The van der Waals surface area contributed by atoms with Gasteiger partial charge in [0.15, 0.2) is 5.76 Å². The molecular formula is C16H21NO4. The number of nitrogens with one attached hydrogen (secondary N) is 1. The average molecular weight is 291 g/mol. The normalized spacial score (nSPS) is 11.0. The number of aliphatic hydroxyl groups is 1. The van der Waals surface area contributed by atoms with Crippen LogP contribution < -0.4 is 5.32 Å². The fraction of sp³-hybridized carbons (Fsp3) is 0.438. The zero-order valence-corrected chi connectivity index (χ0v) is 12.4. The van der Waals surface area contributed by atoms with E-state index in [0.29, 0.717) is 31.9 Å². The number of rotatable bonds is 7. The minimum Gasteiger partial charge on any atom is -0.450 e. The summed E-state index contributed by atoms with van der Waals surface area (Å²) >= 11 is 0. The molecule has 1 amide bonds. The van der Waals surface area contributed by atoms with Crippen LogP contribution in [0, 0.1) is 13.8 Å². The van der Waals surface area contributed by atoms with Crippen molar-refractivity contribution in [2.75, 3.05) is 26.4 Å². The number of amides is 1. The molecule has 0 bridgehead atoms. The van der Waals surface area contributed by atoms with Gasteiger partial charge in [-0.25, -0.2) is 0 Å². The molecule has 0 aliphatic carbocycles. The first-order valence-corrected chi connectivity index (χ1v) is 7.10. The third-order valence-corrected chi connectivity index (χ3v) is 3.35. The van der Waals surface area contributed by atoms with E-state index in [4.69, 9.17) is 14.3 Å². The number of carbonyl (C=O) groups is 1. The van der Waals surface area contributed by atoms with Crippen LogP contribution in [0.15, 0.2) is 22.6 Å². The van der Waals surface area contributed by atoms with E-state index in [-0.39, 0.29) is 12.5 Å². The van der Waals surface area contributed by atoms with Crippen LogP contribution in [0.1, 0.15) is 28.1 Å². The van der Waals surface area contributed by atoms with Crippen molar-refractivity contribution in [1.82, 2.24) is 5.32 Å². The third-order valence-electron chi connectivity index (χ3n) is 3.35. The second-order valence-electron chi connectivity index (χ2n) is 4.95. The molecule has 21 heavy (non-hydrogen) atoms. The molecule has 1 heterocycles. The van der Waals surface area contributed by atoms with Crippen molar-refractivity contribution in [3.63, 3.8) is 0 Å². The average Bonchev–Trinajstić information content (AvgIpc) is 2.82. The van der Waals surface area contributed by atoms with Gasteiger partial charge in [-0.05, 0) is 25.8 Å². The van der Waals surface area contributed by atoms with E-state index in [1.165, 1.54) is 0 Å². The summed E-state index contributed by atoms with van der Waals surface area (Å²) in [6, 6.07) is 5.88. The number of ether oxygens (including phenoxy) is 1. The number of carbonyl (C=O) groups excluding carboxylic acids is 1. The molecular weight excluding hydrogens is 270 g/mol. The standard InChI is InChI=1S/C16H21NO4/c1-11-5-3-6-13-12(2)15(21-14(11)13)16(19)17-7-4-9-20-10-8-18/h3,5-6,18H,4,7-10H2,1-2H3,(H,17,19). The molecule has 2 rings (SSSR count). The van der Waals surface area contributed by atoms with Crippen LogP contribution in [-0.4, -0.2) is 37.4 Å². The van der Waals surface area contributed by atoms with Crippen molar-refractivity contribution in [3.05, 3.63) is 35.1 Å². The Morgan fingerprint density at radius 3 is 2.86 bits per heavy atom. The van der Waals surface area contributed by atoms with Crippen molar-refractivity contribution in [2.24, 2.45) is 0 Å². The van der Waals surface area contributed by atoms with E-state index in [0.717, 1.165) is 22.1 Å². The van der Waals surface area contributed by atoms with Gasteiger partial charge in [0.25, 0.3) is 5.91 Å². The number of hydrogen-bond donors (Lipinski definition) is 2. The van der Waals surface area contributed by atoms with E-state index in [2.05, 4.69) is 5.32 Å². The number of para-hydroxylation sites is 1. The fourth-order valence-electron chi connectivity index (χ4n) is 2.22. The molecule has 0 saturated carbocycles. The van der Waals surface area contributed by atoms with E-state index in [9.17, 15) is 4.79 Å². The van der Waals surface area contributed by atoms with Crippen molar-refractivity contribution in [3.8, 4) is 0 Å². The minimum atomic E-state index is -0.203. The Hall–Kier alpha value is -1.85. The Labute approximate surface area is 123 Å². The largest absolute Gasteiger partial charge is 0.450 e. The van der Waals surface area contributed by atoms with Crippen LogP contribution in [-0.2, 0) is 4.74 Å². The number of aryl methyl sites for hydroxylation is 2. The molecule has 2 aromatic rings. The van der Waals surface area contributed by atoms with Crippen LogP contribution in [0.3, 0.4) is 0 Å². The molecule has 1 aromatic carbocycles. The summed E-state index contributed by atoms with van der Waals surface area (Å²) < 4.78 is 10.8. The van der Waals surface area contributed by atoms with Gasteiger partial charge < -0.3 is 19.6 Å². The molecule has 0 unspecified atom stereocenters. The van der Waals surface area contributed by atoms with E-state index < -0.39 is 0 Å². The number of furan rings is 1. The van der Waals surface area contributed by atoms with E-state index in [1.807, 2.05) is 32.0 Å². The van der Waals surface area contributed by atoms with Gasteiger partial charge in [-0.2, -0.15) is 0 Å². The lowest BCUT2D eigenvalue weighted by Gasteiger charge is -2.04. The van der Waals surface area contributed by atoms with Crippen molar-refractivity contribution in [2.45, 2.75) is 20.3 Å². The molecule has 2 N–H and O–H groups in total. The molecule has 0 aliphatic heterocycles. The van der Waals surface area contributed by atoms with Crippen molar-refractivity contribution in [1.29, 1.82) is 0 Å². The highest BCUT2D eigenvalue weighted by atomic mass is 16.5. The Balaban J connectivity index is 1.97. The highest BCUT2D eigenvalue weighted by Gasteiger charge is 2.17. The van der Waals surface area contributed by atoms with Gasteiger partial charge in [-0.1, -0.05) is 18.2 Å². The lowest BCUT2D eigenvalue weighted by molar-refractivity contribution is 0.0856. The predicted molar refractivity (Wildman–Crippen MR) is 80.5 cm³/mol. The first kappa shape index (κ1) is 15.5. The Kier molecular flexibility index (Phi) is 5.36. The number of benzene rings is 1. The van der Waals surface area contributed by atoms with Gasteiger partial charge in [0, 0.05) is 24.1 Å². The second-order valence-corrected chi connectivity index (χ2v) is 4.95. The van der Waals surface area contributed by atoms with Gasteiger partial charge in [0.05, 0.1) is 13.2 Å². The van der Waals surface area contributed by atoms with Crippen LogP contribution in [0.4, 0.5) is 0 Å². The van der Waals surface area contributed by atoms with Gasteiger partial charge in [-0.3, -0.25) is 4.79 Å². The Bertz CT molecular complexity index is 618. The molecule has 0 saturated heterocycles. The molecule has 0 aliphatic rings. The zero-order chi connectivity index (χ0) is 15.2. The Morgan fingerprint density at radius 2 is 2.14 bits per heavy atom. The summed E-state index contributed by atoms with van der Waals surface area (Å²) in [5.74, 6) is 0.167. The van der Waals surface area contributed by atoms with Crippen molar-refractivity contribution >= 4 is 16.9 Å². The highest BCUT2D eigenvalue weighted by molar-refractivity contribution is 5.99. The first-order valence-electron chi connectivity index (χ1n) is 7.10. The van der Waals surface area contributed by atoms with Gasteiger partial charge in [0.2, 0.25) is 0 Å². The molecule has 0 atom stereocenters. The van der Waals surface area contributed by atoms with Crippen LogP contribution in [0.5, 0.6) is 0 Å². The zero-order valence-electron chi connectivity index (χ0n) is 12.4. The number of hydrogen-bond acceptors (Lipinski definition) is 4. The quantitative estimate of drug-likeness (QED) is 0.767. The summed E-state index contributed by atoms with van der Waals surface area (Å²) in [5, 5.41) is 12.4. The van der Waals surface area contributed by atoms with E-state index >= 15 is 0 Å². The third kappa shape index (κ3) is 3.62. The maximum absolute atomic E-state index is 12.1. The summed E-state index contributed by atoms with van der Waals surface area (Å²) in [4.78, 5) is 12.1. The van der Waals surface area contributed by atoms with Gasteiger partial charge >= 0.3 is 0 Å². The lowest BCUT2D eigenvalue weighted by atomic mass is 10.1. The summed E-state index contributed by atoms with van der Waals surface area (Å²) in [6.07, 6.45) is 0.698. The predicted octanol–water partition coefficient (Wildman–Crippen LogP) is 2.18. The molecule has 0 radical (unpaired) electrons. The van der Waals surface area contributed by atoms with E-state index in [1.54, 1.807) is 0 Å². The summed E-state index contributed by atoms with van der Waals surface area (Å²) in [7, 11) is 0. The second kappa shape index (κ2) is 7.24. The summed E-state index contributed by atoms with van der Waals surface area (Å²) in [6.45, 7) is 5.23. The topological polar surface area (TPSA) is 71.7 Å². The maximum atomic E-state index is 12.1. The lowest BCUT2D eigenvalue weighted by Crippen LogP contribution is -2.25. The molecule has 0 fully saturated rings. The molecule has 5 nitrogen and oxygen atoms in total. The highest BCUT2D eigenvalue weighted by Crippen LogP contribution is 2.27. The molecule has 1 aromatic heterocycles. The van der Waals surface area contributed by atoms with Crippen LogP contribution in [0.2, 0.25) is 0 Å². The van der Waals surface area contributed by atoms with Crippen molar-refractivity contribution < 1.29 is 19.1 Å². The molecule has 0 spiro atoms. The number of aliphatic hydroxyl groups excluding tert-OH is 1. The maximum Gasteiger partial charge on any atom is 0.287 e. The van der Waals surface area contributed by atoms with Crippen LogP contribution in [0.25, 0.3) is 11.0 Å². The molecule has 5 heteroatoms.